The molecule has 0 amide bonds. The number of allylic oxidation sites excluding steroid dienone is 1. The van der Waals surface area contributed by atoms with Crippen LogP contribution < -0.4 is 0 Å². The first kappa shape index (κ1) is 10.8. The Balaban J connectivity index is 2.19. The number of rotatable bonds is 2. The van der Waals surface area contributed by atoms with Gasteiger partial charge in [-0.1, -0.05) is 36.4 Å². The third kappa shape index (κ3) is 1.48. The van der Waals surface area contributed by atoms with Gasteiger partial charge < -0.3 is 10.1 Å². The molecule has 0 spiro atoms. The van der Waals surface area contributed by atoms with Crippen molar-refractivity contribution in [1.29, 1.82) is 0 Å². The zero-order chi connectivity index (χ0) is 12.7. The average molecular weight is 238 g/mol. The van der Waals surface area contributed by atoms with Crippen molar-refractivity contribution in [3.05, 3.63) is 65.1 Å². The van der Waals surface area contributed by atoms with E-state index in [0.29, 0.717) is 0 Å². The molecule has 3 nitrogen and oxygen atoms in total. The Hall–Kier alpha value is -2.29. The molecule has 0 fully saturated rings. The molecular formula is C15H14N2O. The summed E-state index contributed by atoms with van der Waals surface area (Å²) >= 11 is 0. The Morgan fingerprint density at radius 2 is 1.72 bits per heavy atom. The Labute approximate surface area is 106 Å². The number of hydrogen-bond donors (Lipinski definition) is 0. The van der Waals surface area contributed by atoms with Crippen LogP contribution in [0.1, 0.15) is 5.56 Å². The van der Waals surface area contributed by atoms with Crippen molar-refractivity contribution in [1.82, 2.24) is 4.90 Å². The molecule has 2 aromatic carbocycles. The SMILES string of the molecule is CN(C)C1=C[N+]([O-])=C1c1cccc2ccccc12. The monoisotopic (exact) mass is 238 g/mol. The van der Waals surface area contributed by atoms with E-state index in [1.54, 1.807) is 6.20 Å². The highest BCUT2D eigenvalue weighted by Crippen LogP contribution is 2.25. The lowest BCUT2D eigenvalue weighted by molar-refractivity contribution is -0.393. The van der Waals surface area contributed by atoms with Gasteiger partial charge in [-0.25, -0.2) is 0 Å². The summed E-state index contributed by atoms with van der Waals surface area (Å²) in [5.74, 6) is 0. The van der Waals surface area contributed by atoms with Gasteiger partial charge in [0, 0.05) is 14.1 Å². The molecule has 0 aromatic heterocycles. The summed E-state index contributed by atoms with van der Waals surface area (Å²) in [6, 6.07) is 14.2. The molecule has 90 valence electrons. The van der Waals surface area contributed by atoms with Crippen molar-refractivity contribution in [2.75, 3.05) is 14.1 Å². The summed E-state index contributed by atoms with van der Waals surface area (Å²) in [6.07, 6.45) is 1.61. The lowest BCUT2D eigenvalue weighted by Gasteiger charge is -2.23. The van der Waals surface area contributed by atoms with Crippen molar-refractivity contribution in [3.63, 3.8) is 0 Å². The predicted octanol–water partition coefficient (Wildman–Crippen LogP) is 2.56. The summed E-state index contributed by atoms with van der Waals surface area (Å²) in [4.78, 5) is 1.96. The van der Waals surface area contributed by atoms with E-state index in [9.17, 15) is 5.21 Å². The fraction of sp³-hybridized carbons (Fsp3) is 0.133. The normalized spacial score (nSPS) is 14.4. The van der Waals surface area contributed by atoms with Crippen molar-refractivity contribution in [2.45, 2.75) is 0 Å². The van der Waals surface area contributed by atoms with Crippen LogP contribution in [0.5, 0.6) is 0 Å². The minimum atomic E-state index is 0.747. The van der Waals surface area contributed by atoms with Crippen LogP contribution >= 0.6 is 0 Å². The van der Waals surface area contributed by atoms with E-state index >= 15 is 0 Å². The van der Waals surface area contributed by atoms with Gasteiger partial charge in [0.1, 0.15) is 0 Å². The van der Waals surface area contributed by atoms with Gasteiger partial charge in [-0.2, -0.15) is 4.74 Å². The standard InChI is InChI=1S/C15H14N2O/c1-16(2)14-10-17(18)15(14)13-9-5-7-11-6-3-4-8-12(11)13/h3-10H,1-2H3. The quantitative estimate of drug-likeness (QED) is 0.594. The molecule has 3 heteroatoms. The molecule has 0 bridgehead atoms. The predicted molar refractivity (Wildman–Crippen MR) is 73.5 cm³/mol. The highest BCUT2D eigenvalue weighted by Gasteiger charge is 2.30. The van der Waals surface area contributed by atoms with E-state index in [-0.39, 0.29) is 0 Å². The van der Waals surface area contributed by atoms with Gasteiger partial charge in [-0.05, 0) is 16.8 Å². The molecule has 1 heterocycles. The van der Waals surface area contributed by atoms with Crippen LogP contribution in [0.4, 0.5) is 0 Å². The molecule has 2 aromatic rings. The second kappa shape index (κ2) is 3.88. The van der Waals surface area contributed by atoms with E-state index in [4.69, 9.17) is 0 Å². The number of benzene rings is 2. The molecule has 0 unspecified atom stereocenters. The largest absolute Gasteiger partial charge is 0.618 e. The van der Waals surface area contributed by atoms with Crippen LogP contribution in [0, 0.1) is 5.21 Å². The Morgan fingerprint density at radius 3 is 2.44 bits per heavy atom. The molecular weight excluding hydrogens is 224 g/mol. The summed E-state index contributed by atoms with van der Waals surface area (Å²) in [7, 11) is 3.90. The zero-order valence-corrected chi connectivity index (χ0v) is 10.4. The lowest BCUT2D eigenvalue weighted by atomic mass is 9.97. The molecule has 0 aliphatic carbocycles. The fourth-order valence-corrected chi connectivity index (χ4v) is 2.30. The van der Waals surface area contributed by atoms with Gasteiger partial charge in [0.25, 0.3) is 5.71 Å². The first-order chi connectivity index (χ1) is 8.68. The van der Waals surface area contributed by atoms with Crippen LogP contribution in [0.15, 0.2) is 54.4 Å². The van der Waals surface area contributed by atoms with Crippen LogP contribution in [-0.4, -0.2) is 29.4 Å². The van der Waals surface area contributed by atoms with Crippen LogP contribution in [-0.2, 0) is 0 Å². The van der Waals surface area contributed by atoms with Gasteiger partial charge >= 0.3 is 0 Å². The van der Waals surface area contributed by atoms with E-state index in [2.05, 4.69) is 18.2 Å². The van der Waals surface area contributed by atoms with Crippen molar-refractivity contribution in [3.8, 4) is 0 Å². The van der Waals surface area contributed by atoms with E-state index in [1.807, 2.05) is 43.3 Å². The van der Waals surface area contributed by atoms with Crippen LogP contribution in [0.25, 0.3) is 10.8 Å². The molecule has 0 radical (unpaired) electrons. The first-order valence-electron chi connectivity index (χ1n) is 5.89. The molecule has 1 aliphatic rings. The molecule has 3 rings (SSSR count). The summed E-state index contributed by atoms with van der Waals surface area (Å²) in [5.41, 5.74) is 2.72. The van der Waals surface area contributed by atoms with Crippen molar-refractivity contribution in [2.24, 2.45) is 0 Å². The molecule has 0 N–H and O–H groups in total. The maximum Gasteiger partial charge on any atom is 0.254 e. The maximum atomic E-state index is 11.8. The van der Waals surface area contributed by atoms with E-state index in [0.717, 1.165) is 32.5 Å². The Kier molecular flexibility index (Phi) is 2.33. The molecule has 0 saturated heterocycles. The van der Waals surface area contributed by atoms with Crippen LogP contribution in [0.2, 0.25) is 0 Å². The molecule has 1 aliphatic heterocycles. The topological polar surface area (TPSA) is 29.3 Å². The Morgan fingerprint density at radius 1 is 1.00 bits per heavy atom. The van der Waals surface area contributed by atoms with Gasteiger partial charge in [0.2, 0.25) is 6.20 Å². The van der Waals surface area contributed by atoms with Crippen molar-refractivity contribution >= 4 is 16.5 Å². The van der Waals surface area contributed by atoms with Crippen molar-refractivity contribution < 1.29 is 4.74 Å². The summed E-state index contributed by atoms with van der Waals surface area (Å²) < 4.78 is 0.942. The van der Waals surface area contributed by atoms with Crippen LogP contribution in [0.3, 0.4) is 0 Å². The lowest BCUT2D eigenvalue weighted by Crippen LogP contribution is -2.33. The molecule has 0 saturated carbocycles. The van der Waals surface area contributed by atoms with Gasteiger partial charge in [0.05, 0.1) is 5.56 Å². The third-order valence-corrected chi connectivity index (χ3v) is 3.23. The van der Waals surface area contributed by atoms with E-state index in [1.165, 1.54) is 0 Å². The van der Waals surface area contributed by atoms with Gasteiger partial charge in [-0.15, -0.1) is 0 Å². The van der Waals surface area contributed by atoms with Gasteiger partial charge in [0.15, 0.2) is 5.70 Å². The van der Waals surface area contributed by atoms with E-state index < -0.39 is 0 Å². The minimum Gasteiger partial charge on any atom is -0.618 e. The highest BCUT2D eigenvalue weighted by atomic mass is 16.5. The maximum absolute atomic E-state index is 11.8. The first-order valence-corrected chi connectivity index (χ1v) is 5.89. The number of nitrogens with zero attached hydrogens (tertiary/aromatic N) is 2. The Bertz CT molecular complexity index is 678. The number of likely N-dealkylation sites (N-methyl/N-ethyl adjacent to an activating group) is 1. The third-order valence-electron chi connectivity index (χ3n) is 3.23. The molecule has 0 atom stereocenters. The second-order valence-electron chi connectivity index (χ2n) is 4.61. The second-order valence-corrected chi connectivity index (χ2v) is 4.61. The summed E-state index contributed by atoms with van der Waals surface area (Å²) in [5, 5.41) is 14.0. The molecule has 18 heavy (non-hydrogen) atoms. The number of fused-ring (bicyclic) bond motifs is 1. The fourth-order valence-electron chi connectivity index (χ4n) is 2.30. The summed E-state index contributed by atoms with van der Waals surface area (Å²) in [6.45, 7) is 0. The number of hydrogen-bond acceptors (Lipinski definition) is 2. The minimum absolute atomic E-state index is 0.747. The smallest absolute Gasteiger partial charge is 0.254 e. The number of hydroxylamine groups is 1. The highest BCUT2D eigenvalue weighted by molar-refractivity contribution is 6.18. The zero-order valence-electron chi connectivity index (χ0n) is 10.4. The van der Waals surface area contributed by atoms with Gasteiger partial charge in [-0.3, -0.25) is 0 Å². The average Bonchev–Trinajstić information content (AvgIpc) is 2.36.